The van der Waals surface area contributed by atoms with Crippen LogP contribution in [0.15, 0.2) is 90.4 Å². The van der Waals surface area contributed by atoms with Crippen LogP contribution in [-0.4, -0.2) is 17.1 Å². The van der Waals surface area contributed by atoms with E-state index in [0.717, 1.165) is 38.8 Å². The number of hydrogen-bond donors (Lipinski definition) is 2. The van der Waals surface area contributed by atoms with E-state index >= 15 is 0 Å². The van der Waals surface area contributed by atoms with Crippen molar-refractivity contribution in [3.63, 3.8) is 0 Å². The van der Waals surface area contributed by atoms with Crippen molar-refractivity contribution in [1.82, 2.24) is 10.3 Å². The fourth-order valence-corrected chi connectivity index (χ4v) is 3.78. The number of fused-ring (bicyclic) bond motifs is 2. The van der Waals surface area contributed by atoms with E-state index in [1.165, 1.54) is 0 Å². The van der Waals surface area contributed by atoms with Crippen LogP contribution in [0.1, 0.15) is 5.56 Å². The lowest BCUT2D eigenvalue weighted by molar-refractivity contribution is 0.367. The second-order valence-electron chi connectivity index (χ2n) is 7.02. The summed E-state index contributed by atoms with van der Waals surface area (Å²) in [4.78, 5) is 2.09. The molecule has 2 aliphatic heterocycles. The monoisotopic (exact) mass is 383 g/mol. The molecular formula is C24H21N3O2. The number of para-hydroxylation sites is 1. The second-order valence-corrected chi connectivity index (χ2v) is 7.02. The molecule has 0 aliphatic carbocycles. The van der Waals surface area contributed by atoms with E-state index in [-0.39, 0.29) is 5.88 Å². The van der Waals surface area contributed by atoms with Gasteiger partial charge in [-0.05, 0) is 29.8 Å². The highest BCUT2D eigenvalue weighted by Gasteiger charge is 2.33. The SMILES string of the molecule is COc1ccc(CN2C=c3ccccc3=C3NN(c4ccccc4)C(O)=C32)cc1. The highest BCUT2D eigenvalue weighted by Crippen LogP contribution is 2.32. The summed E-state index contributed by atoms with van der Waals surface area (Å²) < 4.78 is 5.26. The summed E-state index contributed by atoms with van der Waals surface area (Å²) in [5.41, 5.74) is 7.06. The first-order valence-corrected chi connectivity index (χ1v) is 9.51. The van der Waals surface area contributed by atoms with Crippen molar-refractivity contribution in [2.24, 2.45) is 0 Å². The third-order valence-corrected chi connectivity index (χ3v) is 5.22. The average Bonchev–Trinajstić information content (AvgIpc) is 3.13. The minimum absolute atomic E-state index is 0.186. The molecule has 5 nitrogen and oxygen atoms in total. The molecule has 0 saturated heterocycles. The van der Waals surface area contributed by atoms with Gasteiger partial charge in [-0.15, -0.1) is 0 Å². The van der Waals surface area contributed by atoms with Crippen molar-refractivity contribution in [3.05, 3.63) is 106 Å². The standard InChI is InChI=1S/C24H21N3O2/c1-29-20-13-11-17(12-14-20)15-26-16-18-7-5-6-10-21(18)22-23(26)24(28)27(25-22)19-8-3-2-4-9-19/h2-14,16,25,28H,15H2,1H3. The zero-order chi connectivity index (χ0) is 19.8. The van der Waals surface area contributed by atoms with E-state index in [9.17, 15) is 5.11 Å². The molecule has 0 amide bonds. The van der Waals surface area contributed by atoms with E-state index in [1.54, 1.807) is 12.1 Å². The molecule has 2 aliphatic rings. The summed E-state index contributed by atoms with van der Waals surface area (Å²) in [7, 11) is 1.66. The molecule has 0 aromatic heterocycles. The predicted octanol–water partition coefficient (Wildman–Crippen LogP) is 2.81. The number of anilines is 1. The number of benzene rings is 3. The van der Waals surface area contributed by atoms with Gasteiger partial charge in [-0.25, -0.2) is 5.01 Å². The van der Waals surface area contributed by atoms with Gasteiger partial charge in [-0.2, -0.15) is 0 Å². The molecule has 0 radical (unpaired) electrons. The Morgan fingerprint density at radius 3 is 2.38 bits per heavy atom. The van der Waals surface area contributed by atoms with Gasteiger partial charge in [0.25, 0.3) is 0 Å². The van der Waals surface area contributed by atoms with Gasteiger partial charge < -0.3 is 14.7 Å². The van der Waals surface area contributed by atoms with Crippen molar-refractivity contribution in [2.75, 3.05) is 12.1 Å². The number of hydrazine groups is 1. The van der Waals surface area contributed by atoms with Crippen LogP contribution in [0, 0.1) is 0 Å². The summed E-state index contributed by atoms with van der Waals surface area (Å²) >= 11 is 0. The molecule has 144 valence electrons. The van der Waals surface area contributed by atoms with Crippen molar-refractivity contribution >= 4 is 17.6 Å². The number of rotatable bonds is 4. The fourth-order valence-electron chi connectivity index (χ4n) is 3.78. The highest BCUT2D eigenvalue weighted by molar-refractivity contribution is 5.75. The predicted molar refractivity (Wildman–Crippen MR) is 114 cm³/mol. The van der Waals surface area contributed by atoms with Crippen molar-refractivity contribution in [2.45, 2.75) is 6.54 Å². The molecule has 5 heteroatoms. The Hall–Kier alpha value is -3.86. The van der Waals surface area contributed by atoms with E-state index < -0.39 is 0 Å². The topological polar surface area (TPSA) is 48.0 Å². The summed E-state index contributed by atoms with van der Waals surface area (Å²) in [5.74, 6) is 1.01. The Morgan fingerprint density at radius 1 is 0.897 bits per heavy atom. The smallest absolute Gasteiger partial charge is 0.237 e. The van der Waals surface area contributed by atoms with Crippen LogP contribution in [0.25, 0.3) is 11.9 Å². The van der Waals surface area contributed by atoms with E-state index in [1.807, 2.05) is 66.7 Å². The number of ether oxygens (including phenoxy) is 1. The second kappa shape index (κ2) is 6.95. The van der Waals surface area contributed by atoms with Crippen LogP contribution in [0.5, 0.6) is 5.75 Å². The Morgan fingerprint density at radius 2 is 1.62 bits per heavy atom. The summed E-state index contributed by atoms with van der Waals surface area (Å²) in [6.07, 6.45) is 2.09. The number of nitrogens with zero attached hydrogens (tertiary/aromatic N) is 2. The zero-order valence-electron chi connectivity index (χ0n) is 16.0. The first-order valence-electron chi connectivity index (χ1n) is 9.51. The molecule has 2 heterocycles. The lowest BCUT2D eigenvalue weighted by Gasteiger charge is -2.25. The molecule has 0 fully saturated rings. The maximum atomic E-state index is 11.1. The van der Waals surface area contributed by atoms with Crippen molar-refractivity contribution in [1.29, 1.82) is 0 Å². The van der Waals surface area contributed by atoms with Crippen molar-refractivity contribution in [3.8, 4) is 5.75 Å². The average molecular weight is 383 g/mol. The largest absolute Gasteiger partial charge is 0.497 e. The van der Waals surface area contributed by atoms with Crippen LogP contribution in [-0.2, 0) is 6.54 Å². The molecule has 0 unspecified atom stereocenters. The van der Waals surface area contributed by atoms with Crippen LogP contribution >= 0.6 is 0 Å². The number of methoxy groups -OCH3 is 1. The molecule has 5 rings (SSSR count). The molecule has 2 N–H and O–H groups in total. The summed E-state index contributed by atoms with van der Waals surface area (Å²) in [6.45, 7) is 0.630. The first-order chi connectivity index (χ1) is 14.2. The first kappa shape index (κ1) is 17.3. The minimum Gasteiger partial charge on any atom is -0.497 e. The van der Waals surface area contributed by atoms with Crippen LogP contribution < -0.4 is 25.6 Å². The molecule has 3 aromatic rings. The van der Waals surface area contributed by atoms with Gasteiger partial charge >= 0.3 is 0 Å². The van der Waals surface area contributed by atoms with Gasteiger partial charge in [0, 0.05) is 23.2 Å². The maximum Gasteiger partial charge on any atom is 0.237 e. The zero-order valence-corrected chi connectivity index (χ0v) is 16.0. The molecule has 29 heavy (non-hydrogen) atoms. The summed E-state index contributed by atoms with van der Waals surface area (Å²) in [6, 6.07) is 26.0. The minimum atomic E-state index is 0.186. The van der Waals surface area contributed by atoms with E-state index in [2.05, 4.69) is 28.7 Å². The van der Waals surface area contributed by atoms with Crippen LogP contribution in [0.3, 0.4) is 0 Å². The Balaban J connectivity index is 1.61. The van der Waals surface area contributed by atoms with Gasteiger partial charge in [0.1, 0.15) is 11.4 Å². The molecule has 0 spiro atoms. The Bertz CT molecular complexity index is 1200. The number of aliphatic hydroxyl groups excluding tert-OH is 1. The highest BCUT2D eigenvalue weighted by atomic mass is 16.5. The van der Waals surface area contributed by atoms with Gasteiger partial charge in [-0.1, -0.05) is 54.6 Å². The number of hydrogen-bond acceptors (Lipinski definition) is 5. The fraction of sp³-hybridized carbons (Fsp3) is 0.0833. The quantitative estimate of drug-likeness (QED) is 0.726. The third kappa shape index (κ3) is 2.97. The molecular weight excluding hydrogens is 362 g/mol. The van der Waals surface area contributed by atoms with Crippen molar-refractivity contribution < 1.29 is 9.84 Å². The molecule has 0 saturated carbocycles. The van der Waals surface area contributed by atoms with Gasteiger partial charge in [0.05, 0.1) is 18.5 Å². The Labute approximate surface area is 169 Å². The van der Waals surface area contributed by atoms with Gasteiger partial charge in [-0.3, -0.25) is 5.43 Å². The number of nitrogens with one attached hydrogen (secondary N) is 1. The van der Waals surface area contributed by atoms with Gasteiger partial charge in [0.15, 0.2) is 0 Å². The third-order valence-electron chi connectivity index (χ3n) is 5.22. The van der Waals surface area contributed by atoms with Crippen LogP contribution in [0.2, 0.25) is 0 Å². The lowest BCUT2D eigenvalue weighted by Crippen LogP contribution is -2.40. The van der Waals surface area contributed by atoms with E-state index in [4.69, 9.17) is 4.74 Å². The lowest BCUT2D eigenvalue weighted by atomic mass is 10.1. The maximum absolute atomic E-state index is 11.1. The van der Waals surface area contributed by atoms with Crippen LogP contribution in [0.4, 0.5) is 5.69 Å². The number of aliphatic hydroxyl groups is 1. The molecule has 3 aromatic carbocycles. The Kier molecular flexibility index (Phi) is 4.13. The molecule has 0 bridgehead atoms. The van der Waals surface area contributed by atoms with E-state index in [0.29, 0.717) is 6.54 Å². The molecule has 0 atom stereocenters. The normalized spacial score (nSPS) is 14.9. The summed E-state index contributed by atoms with van der Waals surface area (Å²) in [5, 5.41) is 15.0. The van der Waals surface area contributed by atoms with Gasteiger partial charge in [0.2, 0.25) is 5.88 Å².